The molecule has 0 aromatic heterocycles. The van der Waals surface area contributed by atoms with E-state index in [1.54, 1.807) is 12.1 Å². The topological polar surface area (TPSA) is 32.3 Å². The van der Waals surface area contributed by atoms with Crippen LogP contribution in [0.15, 0.2) is 36.4 Å². The summed E-state index contributed by atoms with van der Waals surface area (Å²) in [5.41, 5.74) is 1.97. The van der Waals surface area contributed by atoms with Crippen molar-refractivity contribution in [3.63, 3.8) is 0 Å². The van der Waals surface area contributed by atoms with Crippen LogP contribution >= 0.6 is 34.8 Å². The van der Waals surface area contributed by atoms with Gasteiger partial charge >= 0.3 is 0 Å². The van der Waals surface area contributed by atoms with Gasteiger partial charge in [-0.05, 0) is 36.4 Å². The smallest absolute Gasteiger partial charge is 0.255 e. The van der Waals surface area contributed by atoms with Crippen LogP contribution in [0.3, 0.4) is 0 Å². The van der Waals surface area contributed by atoms with E-state index >= 15 is 0 Å². The van der Waals surface area contributed by atoms with Gasteiger partial charge in [0, 0.05) is 25.3 Å². The van der Waals surface area contributed by atoms with Crippen LogP contribution in [-0.2, 0) is 0 Å². The maximum Gasteiger partial charge on any atom is 0.255 e. The minimum atomic E-state index is -0.263. The SMILES string of the molecule is CN(C)c1ccc(C(=O)Nc2cc(Cl)c(Cl)cc2Cl)cc1. The number of amides is 1. The molecule has 0 saturated heterocycles. The van der Waals surface area contributed by atoms with Crippen molar-refractivity contribution in [2.45, 2.75) is 0 Å². The molecule has 1 N–H and O–H groups in total. The maximum atomic E-state index is 12.2. The highest BCUT2D eigenvalue weighted by atomic mass is 35.5. The van der Waals surface area contributed by atoms with Crippen molar-refractivity contribution >= 4 is 52.1 Å². The Balaban J connectivity index is 2.20. The molecule has 2 aromatic carbocycles. The summed E-state index contributed by atoms with van der Waals surface area (Å²) < 4.78 is 0. The van der Waals surface area contributed by atoms with Crippen molar-refractivity contribution in [3.8, 4) is 0 Å². The molecule has 2 aromatic rings. The van der Waals surface area contributed by atoms with E-state index in [1.807, 2.05) is 31.1 Å². The number of hydrogen-bond acceptors (Lipinski definition) is 2. The molecular formula is C15H13Cl3N2O. The number of anilines is 2. The van der Waals surface area contributed by atoms with Crippen molar-refractivity contribution in [3.05, 3.63) is 57.0 Å². The molecule has 0 radical (unpaired) electrons. The second kappa shape index (κ2) is 6.56. The number of carbonyl (C=O) groups excluding carboxylic acids is 1. The summed E-state index contributed by atoms with van der Waals surface area (Å²) in [6.45, 7) is 0. The van der Waals surface area contributed by atoms with E-state index in [1.165, 1.54) is 12.1 Å². The lowest BCUT2D eigenvalue weighted by Gasteiger charge is -2.13. The highest BCUT2D eigenvalue weighted by Crippen LogP contribution is 2.32. The molecule has 2 rings (SSSR count). The van der Waals surface area contributed by atoms with Crippen LogP contribution in [0.25, 0.3) is 0 Å². The highest BCUT2D eigenvalue weighted by molar-refractivity contribution is 6.44. The summed E-state index contributed by atoms with van der Waals surface area (Å²) in [4.78, 5) is 14.1. The average molecular weight is 344 g/mol. The summed E-state index contributed by atoms with van der Waals surface area (Å²) in [5.74, 6) is -0.263. The van der Waals surface area contributed by atoms with E-state index in [0.29, 0.717) is 26.3 Å². The van der Waals surface area contributed by atoms with E-state index in [-0.39, 0.29) is 5.91 Å². The van der Waals surface area contributed by atoms with Gasteiger partial charge in [-0.2, -0.15) is 0 Å². The van der Waals surface area contributed by atoms with E-state index in [2.05, 4.69) is 5.32 Å². The molecule has 0 aliphatic carbocycles. The van der Waals surface area contributed by atoms with Crippen LogP contribution in [0.2, 0.25) is 15.1 Å². The molecule has 0 bridgehead atoms. The second-order valence-electron chi connectivity index (χ2n) is 4.64. The van der Waals surface area contributed by atoms with Crippen LogP contribution in [0.4, 0.5) is 11.4 Å². The first-order valence-electron chi connectivity index (χ1n) is 6.12. The fourth-order valence-electron chi connectivity index (χ4n) is 1.72. The van der Waals surface area contributed by atoms with E-state index in [0.717, 1.165) is 5.69 Å². The molecule has 0 aliphatic heterocycles. The first kappa shape index (κ1) is 16.0. The summed E-state index contributed by atoms with van der Waals surface area (Å²) in [7, 11) is 3.87. The quantitative estimate of drug-likeness (QED) is 0.798. The van der Waals surface area contributed by atoms with E-state index < -0.39 is 0 Å². The summed E-state index contributed by atoms with van der Waals surface area (Å²) in [6, 6.07) is 10.2. The number of nitrogens with one attached hydrogen (secondary N) is 1. The summed E-state index contributed by atoms with van der Waals surface area (Å²) in [5, 5.41) is 3.73. The van der Waals surface area contributed by atoms with Gasteiger partial charge in [0.05, 0.1) is 20.8 Å². The Kier molecular flexibility index (Phi) is 4.99. The fourth-order valence-corrected chi connectivity index (χ4v) is 2.32. The molecule has 0 heterocycles. The van der Waals surface area contributed by atoms with Crippen molar-refractivity contribution < 1.29 is 4.79 Å². The standard InChI is InChI=1S/C15H13Cl3N2O/c1-20(2)10-5-3-9(4-6-10)15(21)19-14-8-12(17)11(16)7-13(14)18/h3-8H,1-2H3,(H,19,21). The summed E-state index contributed by atoms with van der Waals surface area (Å²) in [6.07, 6.45) is 0. The van der Waals surface area contributed by atoms with E-state index in [9.17, 15) is 4.79 Å². The molecule has 21 heavy (non-hydrogen) atoms. The maximum absolute atomic E-state index is 12.2. The van der Waals surface area contributed by atoms with Crippen molar-refractivity contribution in [2.75, 3.05) is 24.3 Å². The first-order chi connectivity index (χ1) is 9.88. The monoisotopic (exact) mass is 342 g/mol. The predicted molar refractivity (Wildman–Crippen MR) is 90.2 cm³/mol. The highest BCUT2D eigenvalue weighted by Gasteiger charge is 2.11. The Hall–Kier alpha value is -1.42. The number of rotatable bonds is 3. The molecule has 0 unspecified atom stereocenters. The van der Waals surface area contributed by atoms with Gasteiger partial charge < -0.3 is 10.2 Å². The predicted octanol–water partition coefficient (Wildman–Crippen LogP) is 4.97. The van der Waals surface area contributed by atoms with Gasteiger partial charge in [0.25, 0.3) is 5.91 Å². The Morgan fingerprint density at radius 2 is 1.52 bits per heavy atom. The van der Waals surface area contributed by atoms with Gasteiger partial charge in [-0.3, -0.25) is 4.79 Å². The number of hydrogen-bond donors (Lipinski definition) is 1. The minimum absolute atomic E-state index is 0.263. The Morgan fingerprint density at radius 1 is 0.952 bits per heavy atom. The molecule has 1 amide bonds. The molecule has 3 nitrogen and oxygen atoms in total. The van der Waals surface area contributed by atoms with Gasteiger partial charge in [0.2, 0.25) is 0 Å². The number of benzene rings is 2. The lowest BCUT2D eigenvalue weighted by atomic mass is 10.2. The molecule has 0 fully saturated rings. The molecule has 6 heteroatoms. The van der Waals surface area contributed by atoms with E-state index in [4.69, 9.17) is 34.8 Å². The van der Waals surface area contributed by atoms with Crippen LogP contribution in [0, 0.1) is 0 Å². The largest absolute Gasteiger partial charge is 0.378 e. The van der Waals surface area contributed by atoms with Gasteiger partial charge in [0.15, 0.2) is 0 Å². The molecule has 0 saturated carbocycles. The van der Waals surface area contributed by atoms with Gasteiger partial charge in [-0.25, -0.2) is 0 Å². The normalized spacial score (nSPS) is 10.3. The van der Waals surface area contributed by atoms with Crippen molar-refractivity contribution in [1.82, 2.24) is 0 Å². The molecular weight excluding hydrogens is 331 g/mol. The molecule has 110 valence electrons. The van der Waals surface area contributed by atoms with Crippen LogP contribution in [0.1, 0.15) is 10.4 Å². The molecule has 0 spiro atoms. The third-order valence-corrected chi connectivity index (χ3v) is 3.94. The third-order valence-electron chi connectivity index (χ3n) is 2.90. The van der Waals surface area contributed by atoms with Crippen LogP contribution < -0.4 is 10.2 Å². The van der Waals surface area contributed by atoms with Crippen molar-refractivity contribution in [2.24, 2.45) is 0 Å². The van der Waals surface area contributed by atoms with Crippen LogP contribution in [0.5, 0.6) is 0 Å². The van der Waals surface area contributed by atoms with Crippen LogP contribution in [-0.4, -0.2) is 20.0 Å². The average Bonchev–Trinajstić information content (AvgIpc) is 2.44. The zero-order valence-electron chi connectivity index (χ0n) is 11.5. The van der Waals surface area contributed by atoms with Crippen molar-refractivity contribution in [1.29, 1.82) is 0 Å². The number of carbonyl (C=O) groups is 1. The lowest BCUT2D eigenvalue weighted by Crippen LogP contribution is -2.13. The Morgan fingerprint density at radius 3 is 2.10 bits per heavy atom. The number of nitrogens with zero attached hydrogens (tertiary/aromatic N) is 1. The summed E-state index contributed by atoms with van der Waals surface area (Å²) >= 11 is 17.8. The third kappa shape index (κ3) is 3.82. The number of halogens is 3. The first-order valence-corrected chi connectivity index (χ1v) is 7.25. The Bertz CT molecular complexity index is 669. The lowest BCUT2D eigenvalue weighted by molar-refractivity contribution is 0.102. The minimum Gasteiger partial charge on any atom is -0.378 e. The fraction of sp³-hybridized carbons (Fsp3) is 0.133. The molecule has 0 atom stereocenters. The Labute approximate surface area is 138 Å². The second-order valence-corrected chi connectivity index (χ2v) is 5.86. The molecule has 0 aliphatic rings. The van der Waals surface area contributed by atoms with Gasteiger partial charge in [0.1, 0.15) is 0 Å². The zero-order valence-corrected chi connectivity index (χ0v) is 13.7. The van der Waals surface area contributed by atoms with Gasteiger partial charge in [-0.15, -0.1) is 0 Å². The van der Waals surface area contributed by atoms with Gasteiger partial charge in [-0.1, -0.05) is 34.8 Å². The zero-order chi connectivity index (χ0) is 15.6.